The fourth-order valence-electron chi connectivity index (χ4n) is 3.80. The van der Waals surface area contributed by atoms with Gasteiger partial charge in [-0.1, -0.05) is 18.8 Å². The number of aromatic nitrogens is 2. The number of fused-ring (bicyclic) bond motifs is 1. The van der Waals surface area contributed by atoms with Crippen LogP contribution in [0.3, 0.4) is 0 Å². The molecule has 1 aliphatic heterocycles. The predicted molar refractivity (Wildman–Crippen MR) is 127 cm³/mol. The Morgan fingerprint density at radius 1 is 1.29 bits per heavy atom. The Bertz CT molecular complexity index is 1130. The molecule has 0 radical (unpaired) electrons. The summed E-state index contributed by atoms with van der Waals surface area (Å²) in [7, 11) is -1.96. The molecule has 1 aliphatic rings. The van der Waals surface area contributed by atoms with Crippen molar-refractivity contribution < 1.29 is 23.4 Å². The quantitative estimate of drug-likeness (QED) is 0.581. The van der Waals surface area contributed by atoms with E-state index in [1.807, 2.05) is 14.0 Å². The van der Waals surface area contributed by atoms with Crippen LogP contribution >= 0.6 is 0 Å². The summed E-state index contributed by atoms with van der Waals surface area (Å²) >= 11 is 0. The molecule has 0 unspecified atom stereocenters. The number of rotatable bonds is 6. The first kappa shape index (κ1) is 26.1. The Labute approximate surface area is 201 Å². The lowest BCUT2D eigenvalue weighted by Crippen LogP contribution is -2.49. The van der Waals surface area contributed by atoms with Crippen LogP contribution in [0.4, 0.5) is 0 Å². The molecule has 2 aromatic rings. The Hall–Kier alpha value is -2.55. The number of hydrogen-bond donors (Lipinski definition) is 2. The molecule has 0 saturated heterocycles. The molecule has 9 nitrogen and oxygen atoms in total. The third-order valence-electron chi connectivity index (χ3n) is 5.65. The van der Waals surface area contributed by atoms with Crippen molar-refractivity contribution in [1.29, 1.82) is 0 Å². The van der Waals surface area contributed by atoms with Crippen molar-refractivity contribution in [2.75, 3.05) is 26.7 Å². The Morgan fingerprint density at radius 2 is 2.00 bits per heavy atom. The van der Waals surface area contributed by atoms with E-state index in [1.54, 1.807) is 38.4 Å². The van der Waals surface area contributed by atoms with Gasteiger partial charge in [-0.25, -0.2) is 18.4 Å². The third kappa shape index (κ3) is 6.31. The van der Waals surface area contributed by atoms with E-state index in [1.165, 1.54) is 16.7 Å². The summed E-state index contributed by atoms with van der Waals surface area (Å²) in [5.41, 5.74) is 1.50. The number of nitrogens with zero attached hydrogens (tertiary/aromatic N) is 4. The molecule has 2 N–H and O–H groups in total. The molecule has 3 rings (SSSR count). The third-order valence-corrected chi connectivity index (χ3v) is 7.67. The summed E-state index contributed by atoms with van der Waals surface area (Å²) in [6.07, 6.45) is 3.85. The van der Waals surface area contributed by atoms with E-state index in [-0.39, 0.29) is 35.8 Å². The Morgan fingerprint density at radius 3 is 2.65 bits per heavy atom. The first-order valence-corrected chi connectivity index (χ1v) is 12.6. The largest absolute Gasteiger partial charge is 0.487 e. The number of ether oxygens (including phenoxy) is 1. The average Bonchev–Trinajstić information content (AvgIpc) is 2.80. The van der Waals surface area contributed by atoms with E-state index in [2.05, 4.69) is 26.7 Å². The van der Waals surface area contributed by atoms with Gasteiger partial charge >= 0.3 is 0 Å². The van der Waals surface area contributed by atoms with Crippen LogP contribution in [0.15, 0.2) is 41.8 Å². The Kier molecular flexibility index (Phi) is 8.62. The second-order valence-corrected chi connectivity index (χ2v) is 10.6. The van der Waals surface area contributed by atoms with Gasteiger partial charge in [0.2, 0.25) is 10.0 Å². The van der Waals surface area contributed by atoms with E-state index in [4.69, 9.17) is 4.74 Å². The smallest absolute Gasteiger partial charge is 0.247 e. The summed E-state index contributed by atoms with van der Waals surface area (Å²) < 4.78 is 34.7. The first-order valence-electron chi connectivity index (χ1n) is 11.2. The van der Waals surface area contributed by atoms with Crippen LogP contribution in [0.5, 0.6) is 5.75 Å². The highest BCUT2D eigenvalue weighted by Gasteiger charge is 2.38. The van der Waals surface area contributed by atoms with Gasteiger partial charge in [-0.2, -0.15) is 4.31 Å². The number of sulfonamides is 1. The molecule has 0 saturated carbocycles. The molecule has 0 aliphatic carbocycles. The lowest BCUT2D eigenvalue weighted by Gasteiger charge is -2.37. The minimum Gasteiger partial charge on any atom is -0.487 e. The zero-order chi connectivity index (χ0) is 24.9. The van der Waals surface area contributed by atoms with Gasteiger partial charge in [0.05, 0.1) is 6.61 Å². The van der Waals surface area contributed by atoms with Crippen LogP contribution < -0.4 is 4.74 Å². The van der Waals surface area contributed by atoms with Crippen molar-refractivity contribution in [1.82, 2.24) is 19.2 Å². The molecule has 10 heteroatoms. The molecule has 4 atom stereocenters. The molecular weight excluding hydrogens is 456 g/mol. The summed E-state index contributed by atoms with van der Waals surface area (Å²) in [6.45, 7) is 6.24. The van der Waals surface area contributed by atoms with Gasteiger partial charge in [-0.3, -0.25) is 4.90 Å². The Balaban J connectivity index is 1.99. The first-order chi connectivity index (χ1) is 16.1. The molecule has 184 valence electrons. The molecule has 0 bridgehead atoms. The van der Waals surface area contributed by atoms with Gasteiger partial charge in [-0.15, -0.1) is 0 Å². The van der Waals surface area contributed by atoms with Crippen molar-refractivity contribution in [2.24, 2.45) is 5.92 Å². The highest BCUT2D eigenvalue weighted by atomic mass is 32.2. The normalized spacial score (nSPS) is 21.9. The molecule has 2 heterocycles. The van der Waals surface area contributed by atoms with Crippen LogP contribution in [0.1, 0.15) is 31.9 Å². The number of likely N-dealkylation sites (N-methyl/N-ethyl adjacent to an activating group) is 1. The predicted octanol–water partition coefficient (Wildman–Crippen LogP) is 1.11. The van der Waals surface area contributed by atoms with Crippen molar-refractivity contribution in [3.05, 3.63) is 48.0 Å². The van der Waals surface area contributed by atoms with Gasteiger partial charge < -0.3 is 14.9 Å². The molecule has 0 fully saturated rings. The fraction of sp³-hybridized carbons (Fsp3) is 0.500. The zero-order valence-corrected chi connectivity index (χ0v) is 20.7. The lowest BCUT2D eigenvalue weighted by molar-refractivity contribution is 0.0733. The molecule has 34 heavy (non-hydrogen) atoms. The fourth-order valence-corrected chi connectivity index (χ4v) is 5.63. The van der Waals surface area contributed by atoms with Gasteiger partial charge in [0, 0.05) is 55.1 Å². The summed E-state index contributed by atoms with van der Waals surface area (Å²) in [6, 6.07) is 4.08. The van der Waals surface area contributed by atoms with Crippen LogP contribution in [0.25, 0.3) is 0 Å². The number of hydrogen-bond acceptors (Lipinski definition) is 8. The van der Waals surface area contributed by atoms with E-state index >= 15 is 0 Å². The van der Waals surface area contributed by atoms with Gasteiger partial charge in [0.1, 0.15) is 29.2 Å². The second-order valence-electron chi connectivity index (χ2n) is 8.79. The maximum absolute atomic E-state index is 13.5. The summed E-state index contributed by atoms with van der Waals surface area (Å²) in [5.74, 6) is 5.56. The second kappa shape index (κ2) is 11.3. The van der Waals surface area contributed by atoms with Crippen molar-refractivity contribution in [3.63, 3.8) is 0 Å². The molecule has 0 spiro atoms. The monoisotopic (exact) mass is 488 g/mol. The van der Waals surface area contributed by atoms with Gasteiger partial charge in [-0.05, 0) is 39.1 Å². The van der Waals surface area contributed by atoms with Crippen molar-refractivity contribution in [3.8, 4) is 17.6 Å². The van der Waals surface area contributed by atoms with Crippen LogP contribution in [-0.4, -0.2) is 82.8 Å². The number of aliphatic hydroxyl groups is 2. The SMILES string of the molecule is C[C@H](O)C#Cc1ccc2c(c1)O[C@@H](CN(C)Cc1cncnc1)[C@@H](C)CN([C@@H](C)CO)S2(=O)=O. The highest BCUT2D eigenvalue weighted by Crippen LogP contribution is 2.34. The highest BCUT2D eigenvalue weighted by molar-refractivity contribution is 7.89. The molecular formula is C24H32N4O5S. The van der Waals surface area contributed by atoms with Gasteiger partial charge in [0.15, 0.2) is 0 Å². The molecule has 1 aromatic carbocycles. The maximum atomic E-state index is 13.5. The molecule has 1 aromatic heterocycles. The minimum absolute atomic E-state index is 0.0337. The number of benzene rings is 1. The zero-order valence-electron chi connectivity index (χ0n) is 19.9. The summed E-state index contributed by atoms with van der Waals surface area (Å²) in [5, 5.41) is 19.2. The topological polar surface area (TPSA) is 116 Å². The van der Waals surface area contributed by atoms with Crippen LogP contribution in [0.2, 0.25) is 0 Å². The van der Waals surface area contributed by atoms with Crippen molar-refractivity contribution >= 4 is 10.0 Å². The number of aliphatic hydroxyl groups excluding tert-OH is 2. The van der Waals surface area contributed by atoms with E-state index in [0.29, 0.717) is 18.7 Å². The molecule has 0 amide bonds. The van der Waals surface area contributed by atoms with Crippen LogP contribution in [0, 0.1) is 17.8 Å². The summed E-state index contributed by atoms with van der Waals surface area (Å²) in [4.78, 5) is 10.2. The van der Waals surface area contributed by atoms with E-state index in [9.17, 15) is 18.6 Å². The maximum Gasteiger partial charge on any atom is 0.247 e. The average molecular weight is 489 g/mol. The van der Waals surface area contributed by atoms with E-state index in [0.717, 1.165) is 5.56 Å². The van der Waals surface area contributed by atoms with Crippen LogP contribution in [-0.2, 0) is 16.6 Å². The lowest BCUT2D eigenvalue weighted by atomic mass is 10.0. The standard InChI is InChI=1S/C24H32N4O5S/c1-17-12-28(18(2)15-29)34(31,32)24-8-7-20(6-5-19(3)30)9-22(24)33-23(17)14-27(4)13-21-10-25-16-26-11-21/h7-11,16-19,23,29-30H,12-15H2,1-4H3/t17-,18-,19-,23-/m0/s1. The minimum atomic E-state index is -3.91. The van der Waals surface area contributed by atoms with Gasteiger partial charge in [0.25, 0.3) is 0 Å². The van der Waals surface area contributed by atoms with E-state index < -0.39 is 22.2 Å². The van der Waals surface area contributed by atoms with Crippen molar-refractivity contribution in [2.45, 2.75) is 50.5 Å².